The number of hydrogen-bond acceptors (Lipinski definition) is 5. The van der Waals surface area contributed by atoms with Crippen LogP contribution in [0.25, 0.3) is 0 Å². The maximum atomic E-state index is 12.6. The molecule has 0 saturated carbocycles. The number of amides is 1. The SMILES string of the molecule is CCCCCC/C=C\CCCCCCCC(=O)OCCCCCCCCCCCCCCCCCCCCCCCCCCCC(=O)NC(CO)C(O)CCCCCCCCCCCCCCCCCCCCCCCC. The Hall–Kier alpha value is -1.40. The molecule has 3 N–H and O–H groups in total. The van der Waals surface area contributed by atoms with Crippen LogP contribution in [0, 0.1) is 0 Å². The van der Waals surface area contributed by atoms with Crippen LogP contribution >= 0.6 is 0 Å². The van der Waals surface area contributed by atoms with Crippen molar-refractivity contribution in [2.75, 3.05) is 13.2 Å². The summed E-state index contributed by atoms with van der Waals surface area (Å²) < 4.78 is 5.48. The molecule has 0 heterocycles. The highest BCUT2D eigenvalue weighted by Gasteiger charge is 2.20. The van der Waals surface area contributed by atoms with Crippen molar-refractivity contribution in [1.29, 1.82) is 0 Å². The number of aliphatic hydroxyl groups is 2. The first kappa shape index (κ1) is 75.6. The van der Waals surface area contributed by atoms with Crippen LogP contribution in [-0.4, -0.2) is 47.4 Å². The molecule has 6 heteroatoms. The number of nitrogens with one attached hydrogen (secondary N) is 1. The normalized spacial score (nSPS) is 12.5. The van der Waals surface area contributed by atoms with E-state index >= 15 is 0 Å². The van der Waals surface area contributed by atoms with Gasteiger partial charge in [-0.1, -0.05) is 353 Å². The van der Waals surface area contributed by atoms with Crippen LogP contribution in [0.3, 0.4) is 0 Å². The lowest BCUT2D eigenvalue weighted by Crippen LogP contribution is -2.45. The average Bonchev–Trinajstić information content (AvgIpc) is 3.43. The van der Waals surface area contributed by atoms with Crippen molar-refractivity contribution < 1.29 is 24.5 Å². The van der Waals surface area contributed by atoms with Crippen molar-refractivity contribution in [3.63, 3.8) is 0 Å². The van der Waals surface area contributed by atoms with E-state index in [-0.39, 0.29) is 18.5 Å². The van der Waals surface area contributed by atoms with E-state index in [1.807, 2.05) is 0 Å². The summed E-state index contributed by atoms with van der Waals surface area (Å²) in [6, 6.07) is -0.541. The van der Waals surface area contributed by atoms with E-state index in [2.05, 4.69) is 31.3 Å². The molecule has 0 aromatic heterocycles. The predicted octanol–water partition coefficient (Wildman–Crippen LogP) is 22.8. The van der Waals surface area contributed by atoms with Crippen LogP contribution in [0.5, 0.6) is 0 Å². The Bertz CT molecular complexity index is 1160. The topological polar surface area (TPSA) is 95.9 Å². The molecule has 0 aliphatic carbocycles. The van der Waals surface area contributed by atoms with Gasteiger partial charge in [-0.3, -0.25) is 9.59 Å². The van der Waals surface area contributed by atoms with Gasteiger partial charge in [-0.25, -0.2) is 0 Å². The van der Waals surface area contributed by atoms with Crippen LogP contribution < -0.4 is 5.32 Å². The van der Waals surface area contributed by atoms with Crippen LogP contribution in [0.15, 0.2) is 12.2 Å². The molecule has 0 radical (unpaired) electrons. The summed E-state index contributed by atoms with van der Waals surface area (Å²) in [5.41, 5.74) is 0. The fraction of sp³-hybridized carbons (Fsp3) is 0.944. The van der Waals surface area contributed by atoms with Gasteiger partial charge in [0.25, 0.3) is 0 Å². The van der Waals surface area contributed by atoms with E-state index < -0.39 is 12.1 Å². The summed E-state index contributed by atoms with van der Waals surface area (Å²) in [6.07, 6.45) is 82.6. The highest BCUT2D eigenvalue weighted by atomic mass is 16.5. The molecular formula is C71H139NO5. The predicted molar refractivity (Wildman–Crippen MR) is 338 cm³/mol. The summed E-state index contributed by atoms with van der Waals surface area (Å²) in [6.45, 7) is 4.98. The number of unbranched alkanes of at least 4 members (excludes halogenated alkanes) is 54. The zero-order valence-corrected chi connectivity index (χ0v) is 52.5. The quantitative estimate of drug-likeness (QED) is 0.0320. The fourth-order valence-electron chi connectivity index (χ4n) is 11.4. The molecule has 6 nitrogen and oxygen atoms in total. The molecule has 0 aliphatic rings. The third kappa shape index (κ3) is 63.6. The van der Waals surface area contributed by atoms with Crippen molar-refractivity contribution in [2.45, 2.75) is 418 Å². The van der Waals surface area contributed by atoms with Gasteiger partial charge in [0.15, 0.2) is 0 Å². The van der Waals surface area contributed by atoms with Crippen LogP contribution in [0.1, 0.15) is 406 Å². The van der Waals surface area contributed by atoms with Crippen molar-refractivity contribution in [3.8, 4) is 0 Å². The Kier molecular flexibility index (Phi) is 65.9. The smallest absolute Gasteiger partial charge is 0.305 e. The van der Waals surface area contributed by atoms with Crippen molar-refractivity contribution in [2.24, 2.45) is 0 Å². The zero-order chi connectivity index (χ0) is 55.7. The van der Waals surface area contributed by atoms with Gasteiger partial charge in [0.05, 0.1) is 25.4 Å². The molecular weight excluding hydrogens is 947 g/mol. The van der Waals surface area contributed by atoms with Gasteiger partial charge in [-0.05, 0) is 51.4 Å². The second-order valence-electron chi connectivity index (χ2n) is 24.6. The van der Waals surface area contributed by atoms with Gasteiger partial charge < -0.3 is 20.3 Å². The summed E-state index contributed by atoms with van der Waals surface area (Å²) in [5, 5.41) is 23.4. The van der Waals surface area contributed by atoms with Crippen LogP contribution in [-0.2, 0) is 14.3 Å². The van der Waals surface area contributed by atoms with E-state index in [9.17, 15) is 19.8 Å². The molecule has 0 spiro atoms. The monoisotopic (exact) mass is 1090 g/mol. The van der Waals surface area contributed by atoms with E-state index in [0.29, 0.717) is 25.9 Å². The first-order chi connectivity index (χ1) is 38.0. The molecule has 77 heavy (non-hydrogen) atoms. The number of hydrogen-bond donors (Lipinski definition) is 3. The number of ether oxygens (including phenoxy) is 1. The average molecular weight is 1090 g/mol. The lowest BCUT2D eigenvalue weighted by atomic mass is 10.0. The Balaban J connectivity index is 3.36. The lowest BCUT2D eigenvalue weighted by molar-refractivity contribution is -0.143. The number of carbonyl (C=O) groups is 2. The Labute approximate surface area is 482 Å². The standard InChI is InChI=1S/C71H139NO5/c1-3-5-7-9-11-13-15-17-18-19-20-21-27-30-33-36-40-43-47-51-55-59-63-69(74)68(67-73)72-70(75)64-60-56-52-48-44-41-37-34-31-28-25-23-22-24-26-29-32-35-38-42-46-50-54-58-62-66-77-71(76)65-61-57-53-49-45-39-16-14-12-10-8-6-4-2/h14,16,68-69,73-74H,3-13,15,17-67H2,1-2H3,(H,72,75)/b16-14-. The molecule has 458 valence electrons. The molecule has 0 rings (SSSR count). The summed E-state index contributed by atoms with van der Waals surface area (Å²) in [7, 11) is 0. The molecule has 0 aliphatic heterocycles. The number of esters is 1. The minimum Gasteiger partial charge on any atom is -0.466 e. The third-order valence-corrected chi connectivity index (χ3v) is 16.8. The van der Waals surface area contributed by atoms with E-state index in [0.717, 1.165) is 44.9 Å². The highest BCUT2D eigenvalue weighted by Crippen LogP contribution is 2.19. The lowest BCUT2D eigenvalue weighted by Gasteiger charge is -2.22. The number of aliphatic hydroxyl groups excluding tert-OH is 2. The van der Waals surface area contributed by atoms with Crippen molar-refractivity contribution in [3.05, 3.63) is 12.2 Å². The second kappa shape index (κ2) is 67.1. The van der Waals surface area contributed by atoms with E-state index in [1.54, 1.807) is 0 Å². The van der Waals surface area contributed by atoms with Gasteiger partial charge in [0.2, 0.25) is 5.91 Å². The third-order valence-electron chi connectivity index (χ3n) is 16.8. The highest BCUT2D eigenvalue weighted by molar-refractivity contribution is 5.76. The van der Waals surface area contributed by atoms with Crippen LogP contribution in [0.2, 0.25) is 0 Å². The molecule has 0 bridgehead atoms. The summed E-state index contributed by atoms with van der Waals surface area (Å²) in [4.78, 5) is 24.6. The van der Waals surface area contributed by atoms with Crippen molar-refractivity contribution in [1.82, 2.24) is 5.32 Å². The summed E-state index contributed by atoms with van der Waals surface area (Å²) in [5.74, 6) is -0.0200. The first-order valence-corrected chi connectivity index (χ1v) is 35.4. The van der Waals surface area contributed by atoms with Crippen molar-refractivity contribution >= 4 is 11.9 Å². The fourth-order valence-corrected chi connectivity index (χ4v) is 11.4. The Morgan fingerprint density at radius 3 is 0.935 bits per heavy atom. The second-order valence-corrected chi connectivity index (χ2v) is 24.6. The molecule has 1 amide bonds. The molecule has 2 atom stereocenters. The van der Waals surface area contributed by atoms with E-state index in [4.69, 9.17) is 4.74 Å². The van der Waals surface area contributed by atoms with Gasteiger partial charge in [-0.15, -0.1) is 0 Å². The number of carbonyl (C=O) groups excluding carboxylic acids is 2. The van der Waals surface area contributed by atoms with E-state index in [1.165, 1.54) is 327 Å². The first-order valence-electron chi connectivity index (χ1n) is 35.4. The van der Waals surface area contributed by atoms with Gasteiger partial charge >= 0.3 is 5.97 Å². The minimum absolute atomic E-state index is 0.00823. The number of rotatable bonds is 67. The molecule has 2 unspecified atom stereocenters. The molecule has 0 aromatic rings. The van der Waals surface area contributed by atoms with Gasteiger partial charge in [-0.2, -0.15) is 0 Å². The summed E-state index contributed by atoms with van der Waals surface area (Å²) >= 11 is 0. The minimum atomic E-state index is -0.664. The zero-order valence-electron chi connectivity index (χ0n) is 52.5. The maximum Gasteiger partial charge on any atom is 0.305 e. The Morgan fingerprint density at radius 2 is 0.610 bits per heavy atom. The Morgan fingerprint density at radius 1 is 0.351 bits per heavy atom. The maximum absolute atomic E-state index is 12.6. The molecule has 0 saturated heterocycles. The molecule has 0 fully saturated rings. The largest absolute Gasteiger partial charge is 0.466 e. The van der Waals surface area contributed by atoms with Gasteiger partial charge in [0, 0.05) is 12.8 Å². The van der Waals surface area contributed by atoms with Gasteiger partial charge in [0.1, 0.15) is 0 Å². The number of allylic oxidation sites excluding steroid dienone is 2. The molecule has 0 aromatic carbocycles. The van der Waals surface area contributed by atoms with Crippen LogP contribution in [0.4, 0.5) is 0 Å².